The van der Waals surface area contributed by atoms with Crippen LogP contribution in [0.3, 0.4) is 0 Å². The third-order valence-electron chi connectivity index (χ3n) is 3.52. The summed E-state index contributed by atoms with van der Waals surface area (Å²) in [7, 11) is 0. The van der Waals surface area contributed by atoms with Gasteiger partial charge in [0.2, 0.25) is 5.91 Å². The molecule has 1 N–H and O–H groups in total. The molecule has 0 unspecified atom stereocenters. The highest BCUT2D eigenvalue weighted by molar-refractivity contribution is 5.78. The molecule has 0 saturated carbocycles. The van der Waals surface area contributed by atoms with Gasteiger partial charge in [0.25, 0.3) is 0 Å². The quantitative estimate of drug-likeness (QED) is 0.760. The molecule has 1 aliphatic rings. The molecular weight excluding hydrogens is 282 g/mol. The minimum Gasteiger partial charge on any atom is -0.444 e. The van der Waals surface area contributed by atoms with Gasteiger partial charge in [0.15, 0.2) is 0 Å². The zero-order chi connectivity index (χ0) is 16.6. The lowest BCUT2D eigenvalue weighted by Gasteiger charge is -2.35. The van der Waals surface area contributed by atoms with E-state index in [0.29, 0.717) is 32.7 Å². The number of unbranched alkanes of at least 4 members (excludes halogenated alkanes) is 2. The lowest BCUT2D eigenvalue weighted by Crippen LogP contribution is -2.53. The Hall–Kier alpha value is -1.30. The molecule has 0 aromatic carbocycles. The fraction of sp³-hybridized carbons (Fsp3) is 0.875. The van der Waals surface area contributed by atoms with Crippen LogP contribution in [0.2, 0.25) is 0 Å². The summed E-state index contributed by atoms with van der Waals surface area (Å²) < 4.78 is 5.35. The van der Waals surface area contributed by atoms with Crippen molar-refractivity contribution in [2.24, 2.45) is 0 Å². The van der Waals surface area contributed by atoms with Crippen LogP contribution < -0.4 is 5.32 Å². The van der Waals surface area contributed by atoms with E-state index in [4.69, 9.17) is 4.74 Å². The lowest BCUT2D eigenvalue weighted by atomic mass is 10.2. The Balaban J connectivity index is 2.24. The van der Waals surface area contributed by atoms with Crippen molar-refractivity contribution in [3.05, 3.63) is 0 Å². The van der Waals surface area contributed by atoms with E-state index in [1.54, 1.807) is 4.90 Å². The number of piperazine rings is 1. The number of hydrogen-bond acceptors (Lipinski definition) is 4. The molecule has 0 aromatic heterocycles. The Labute approximate surface area is 134 Å². The van der Waals surface area contributed by atoms with Gasteiger partial charge in [-0.2, -0.15) is 0 Å². The van der Waals surface area contributed by atoms with Crippen LogP contribution in [-0.2, 0) is 9.53 Å². The number of carbonyl (C=O) groups excluding carboxylic acids is 2. The van der Waals surface area contributed by atoms with Crippen LogP contribution >= 0.6 is 0 Å². The normalized spacial score (nSPS) is 15.8. The van der Waals surface area contributed by atoms with E-state index in [1.807, 2.05) is 25.7 Å². The molecule has 2 amide bonds. The molecule has 0 aliphatic carbocycles. The van der Waals surface area contributed by atoms with Gasteiger partial charge in [-0.05, 0) is 33.7 Å². The fourth-order valence-corrected chi connectivity index (χ4v) is 2.27. The minimum absolute atomic E-state index is 0.111. The van der Waals surface area contributed by atoms with Crippen LogP contribution in [0.4, 0.5) is 4.79 Å². The molecule has 128 valence electrons. The Bertz CT molecular complexity index is 358. The molecule has 22 heavy (non-hydrogen) atoms. The van der Waals surface area contributed by atoms with Crippen molar-refractivity contribution in [2.45, 2.75) is 52.6 Å². The number of carbonyl (C=O) groups is 2. The predicted octanol–water partition coefficient (Wildman–Crippen LogP) is 1.85. The molecule has 1 rings (SSSR count). The highest BCUT2D eigenvalue weighted by Crippen LogP contribution is 2.11. The van der Waals surface area contributed by atoms with Gasteiger partial charge in [-0.15, -0.1) is 0 Å². The molecule has 6 heteroatoms. The van der Waals surface area contributed by atoms with Crippen molar-refractivity contribution in [1.29, 1.82) is 0 Å². The number of rotatable bonds is 6. The van der Waals surface area contributed by atoms with Crippen LogP contribution in [0, 0.1) is 0 Å². The van der Waals surface area contributed by atoms with E-state index in [0.717, 1.165) is 13.0 Å². The van der Waals surface area contributed by atoms with Gasteiger partial charge >= 0.3 is 6.09 Å². The highest BCUT2D eigenvalue weighted by Gasteiger charge is 2.27. The van der Waals surface area contributed by atoms with Crippen molar-refractivity contribution < 1.29 is 14.3 Å². The van der Waals surface area contributed by atoms with Crippen molar-refractivity contribution >= 4 is 12.0 Å². The zero-order valence-corrected chi connectivity index (χ0v) is 14.5. The molecule has 0 radical (unpaired) electrons. The smallest absolute Gasteiger partial charge is 0.410 e. The number of ether oxygens (including phenoxy) is 1. The second kappa shape index (κ2) is 8.98. The van der Waals surface area contributed by atoms with E-state index in [2.05, 4.69) is 12.2 Å². The summed E-state index contributed by atoms with van der Waals surface area (Å²) in [5.74, 6) is 0.111. The molecule has 0 aromatic rings. The first-order chi connectivity index (χ1) is 10.3. The Kier molecular flexibility index (Phi) is 7.65. The van der Waals surface area contributed by atoms with E-state index < -0.39 is 5.60 Å². The SMILES string of the molecule is CCCCCNCC(=O)N1CCN(C(=O)OC(C)(C)C)CC1. The maximum Gasteiger partial charge on any atom is 0.410 e. The first-order valence-corrected chi connectivity index (χ1v) is 8.30. The van der Waals surface area contributed by atoms with Crippen LogP contribution in [0.15, 0.2) is 0 Å². The molecule has 1 heterocycles. The third-order valence-corrected chi connectivity index (χ3v) is 3.52. The van der Waals surface area contributed by atoms with E-state index >= 15 is 0 Å². The Morgan fingerprint density at radius 2 is 1.64 bits per heavy atom. The van der Waals surface area contributed by atoms with E-state index in [-0.39, 0.29) is 12.0 Å². The van der Waals surface area contributed by atoms with E-state index in [9.17, 15) is 9.59 Å². The van der Waals surface area contributed by atoms with Gasteiger partial charge in [-0.3, -0.25) is 4.79 Å². The molecule has 1 aliphatic heterocycles. The lowest BCUT2D eigenvalue weighted by molar-refractivity contribution is -0.132. The highest BCUT2D eigenvalue weighted by atomic mass is 16.6. The Morgan fingerprint density at radius 1 is 1.05 bits per heavy atom. The number of amides is 2. The average Bonchev–Trinajstić information content (AvgIpc) is 2.45. The molecule has 1 fully saturated rings. The Morgan fingerprint density at radius 3 is 2.18 bits per heavy atom. The number of nitrogens with zero attached hydrogens (tertiary/aromatic N) is 2. The van der Waals surface area contributed by atoms with Gasteiger partial charge in [-0.1, -0.05) is 19.8 Å². The van der Waals surface area contributed by atoms with Gasteiger partial charge in [0, 0.05) is 26.2 Å². The molecule has 0 bridgehead atoms. The van der Waals surface area contributed by atoms with E-state index in [1.165, 1.54) is 12.8 Å². The maximum atomic E-state index is 12.1. The molecule has 1 saturated heterocycles. The van der Waals surface area contributed by atoms with Crippen molar-refractivity contribution in [1.82, 2.24) is 15.1 Å². The largest absolute Gasteiger partial charge is 0.444 e. The van der Waals surface area contributed by atoms with Gasteiger partial charge in [-0.25, -0.2) is 4.79 Å². The van der Waals surface area contributed by atoms with Crippen LogP contribution in [0.5, 0.6) is 0 Å². The first-order valence-electron chi connectivity index (χ1n) is 8.30. The van der Waals surface area contributed by atoms with Crippen molar-refractivity contribution in [2.75, 3.05) is 39.3 Å². The third kappa shape index (κ3) is 7.11. The summed E-state index contributed by atoms with van der Waals surface area (Å²) in [6.07, 6.45) is 3.19. The van der Waals surface area contributed by atoms with Crippen LogP contribution in [-0.4, -0.2) is 66.7 Å². The monoisotopic (exact) mass is 313 g/mol. The molecule has 0 atom stereocenters. The molecular formula is C16H31N3O3. The summed E-state index contributed by atoms with van der Waals surface area (Å²) in [5.41, 5.74) is -0.480. The van der Waals surface area contributed by atoms with Gasteiger partial charge < -0.3 is 19.9 Å². The molecule has 0 spiro atoms. The first kappa shape index (κ1) is 18.7. The number of hydrogen-bond donors (Lipinski definition) is 1. The van der Waals surface area contributed by atoms with Crippen LogP contribution in [0.25, 0.3) is 0 Å². The van der Waals surface area contributed by atoms with Crippen molar-refractivity contribution in [3.63, 3.8) is 0 Å². The zero-order valence-electron chi connectivity index (χ0n) is 14.5. The molecule has 6 nitrogen and oxygen atoms in total. The minimum atomic E-state index is -0.480. The van der Waals surface area contributed by atoms with Gasteiger partial charge in [0.1, 0.15) is 5.60 Å². The van der Waals surface area contributed by atoms with Crippen molar-refractivity contribution in [3.8, 4) is 0 Å². The van der Waals surface area contributed by atoms with Crippen LogP contribution in [0.1, 0.15) is 47.0 Å². The summed E-state index contributed by atoms with van der Waals surface area (Å²) in [4.78, 5) is 27.5. The summed E-state index contributed by atoms with van der Waals surface area (Å²) in [6, 6.07) is 0. The second-order valence-corrected chi connectivity index (χ2v) is 6.73. The second-order valence-electron chi connectivity index (χ2n) is 6.73. The summed E-state index contributed by atoms with van der Waals surface area (Å²) >= 11 is 0. The standard InChI is InChI=1S/C16H31N3O3/c1-5-6-7-8-17-13-14(20)18-9-11-19(12-10-18)15(21)22-16(2,3)4/h17H,5-13H2,1-4H3. The van der Waals surface area contributed by atoms with Gasteiger partial charge in [0.05, 0.1) is 6.54 Å². The summed E-state index contributed by atoms with van der Waals surface area (Å²) in [6.45, 7) is 11.2. The average molecular weight is 313 g/mol. The summed E-state index contributed by atoms with van der Waals surface area (Å²) in [5, 5.41) is 3.19. The topological polar surface area (TPSA) is 61.9 Å². The predicted molar refractivity (Wildman–Crippen MR) is 86.8 cm³/mol. The maximum absolute atomic E-state index is 12.1. The fourth-order valence-electron chi connectivity index (χ4n) is 2.27. The number of nitrogens with one attached hydrogen (secondary N) is 1.